The molecular weight excluding hydrogens is 520 g/mol. The predicted octanol–water partition coefficient (Wildman–Crippen LogP) is 3.23. The zero-order valence-electron chi connectivity index (χ0n) is 20.5. The molecule has 2 amide bonds. The van der Waals surface area contributed by atoms with E-state index >= 15 is 0 Å². The number of carbonyl (C=O) groups is 2. The maximum atomic E-state index is 13.6. The fourth-order valence-electron chi connectivity index (χ4n) is 3.43. The third-order valence-electron chi connectivity index (χ3n) is 5.41. The molecule has 0 radical (unpaired) electrons. The second-order valence-electron chi connectivity index (χ2n) is 8.31. The van der Waals surface area contributed by atoms with Crippen LogP contribution in [0.2, 0.25) is 0 Å². The van der Waals surface area contributed by atoms with Crippen LogP contribution in [0.4, 0.5) is 5.69 Å². The van der Waals surface area contributed by atoms with Crippen LogP contribution < -0.4 is 9.62 Å². The Morgan fingerprint density at radius 3 is 2.35 bits per heavy atom. The molecule has 0 bridgehead atoms. The molecule has 34 heavy (non-hydrogen) atoms. The van der Waals surface area contributed by atoms with Crippen LogP contribution in [0, 0.1) is 13.8 Å². The monoisotopic (exact) mass is 552 g/mol. The van der Waals surface area contributed by atoms with E-state index in [-0.39, 0.29) is 12.5 Å². The van der Waals surface area contributed by atoms with E-state index in [9.17, 15) is 18.0 Å². The highest BCUT2D eigenvalue weighted by Crippen LogP contribution is 2.26. The Bertz CT molecular complexity index is 1140. The number of carbonyl (C=O) groups excluding carboxylic acids is 2. The van der Waals surface area contributed by atoms with Gasteiger partial charge >= 0.3 is 10.2 Å². The third-order valence-corrected chi connectivity index (χ3v) is 7.71. The molecule has 10 heteroatoms. The number of amides is 2. The van der Waals surface area contributed by atoms with Crippen molar-refractivity contribution in [2.75, 3.05) is 31.5 Å². The standard InChI is InChI=1S/C24H33BrN4O4S/c1-7-26-24(31)19(4)28(15-20-9-8-10-21(25)14-20)23(30)16-29(34(32,33)27(5)6)22-13-17(2)11-12-18(22)3/h8-14,19H,7,15-16H2,1-6H3,(H,26,31)/t19-/m0/s1. The summed E-state index contributed by atoms with van der Waals surface area (Å²) in [6.45, 7) is 7.24. The molecular formula is C24H33BrN4O4S. The molecule has 186 valence electrons. The van der Waals surface area contributed by atoms with E-state index in [0.29, 0.717) is 12.2 Å². The van der Waals surface area contributed by atoms with Crippen molar-refractivity contribution < 1.29 is 18.0 Å². The van der Waals surface area contributed by atoms with Crippen molar-refractivity contribution in [1.29, 1.82) is 0 Å². The minimum absolute atomic E-state index is 0.152. The van der Waals surface area contributed by atoms with Gasteiger partial charge in [-0.15, -0.1) is 0 Å². The lowest BCUT2D eigenvalue weighted by Crippen LogP contribution is -2.52. The summed E-state index contributed by atoms with van der Waals surface area (Å²) >= 11 is 3.43. The first kappa shape index (κ1) is 27.8. The number of anilines is 1. The van der Waals surface area contributed by atoms with Crippen molar-refractivity contribution in [3.63, 3.8) is 0 Å². The molecule has 0 fully saturated rings. The number of benzene rings is 2. The van der Waals surface area contributed by atoms with Gasteiger partial charge in [0.25, 0.3) is 0 Å². The number of aryl methyl sites for hydroxylation is 2. The van der Waals surface area contributed by atoms with Crippen molar-refractivity contribution in [3.8, 4) is 0 Å². The predicted molar refractivity (Wildman–Crippen MR) is 139 cm³/mol. The van der Waals surface area contributed by atoms with Crippen LogP contribution in [0.3, 0.4) is 0 Å². The Morgan fingerprint density at radius 1 is 1.09 bits per heavy atom. The Labute approximate surface area is 211 Å². The summed E-state index contributed by atoms with van der Waals surface area (Å²) in [7, 11) is -1.13. The van der Waals surface area contributed by atoms with Gasteiger partial charge in [-0.25, -0.2) is 4.31 Å². The van der Waals surface area contributed by atoms with Gasteiger partial charge in [-0.3, -0.25) is 9.59 Å². The molecule has 0 saturated heterocycles. The Morgan fingerprint density at radius 2 is 1.76 bits per heavy atom. The number of nitrogens with one attached hydrogen (secondary N) is 1. The number of likely N-dealkylation sites (N-methyl/N-ethyl adjacent to an activating group) is 1. The fraction of sp³-hybridized carbons (Fsp3) is 0.417. The first-order valence-electron chi connectivity index (χ1n) is 11.0. The molecule has 8 nitrogen and oxygen atoms in total. The summed E-state index contributed by atoms with van der Waals surface area (Å²) < 4.78 is 29.5. The molecule has 0 aliphatic heterocycles. The lowest BCUT2D eigenvalue weighted by Gasteiger charge is -2.33. The minimum Gasteiger partial charge on any atom is -0.355 e. The van der Waals surface area contributed by atoms with E-state index < -0.39 is 28.7 Å². The van der Waals surface area contributed by atoms with Gasteiger partial charge in [0.15, 0.2) is 0 Å². The Kier molecular flexibility index (Phi) is 9.66. The second kappa shape index (κ2) is 11.8. The van der Waals surface area contributed by atoms with Gasteiger partial charge in [-0.05, 0) is 62.6 Å². The molecule has 0 spiro atoms. The van der Waals surface area contributed by atoms with Crippen molar-refractivity contribution in [2.45, 2.75) is 40.3 Å². The minimum atomic E-state index is -3.98. The quantitative estimate of drug-likeness (QED) is 0.490. The molecule has 0 aromatic heterocycles. The van der Waals surface area contributed by atoms with Crippen LogP contribution >= 0.6 is 15.9 Å². The van der Waals surface area contributed by atoms with Crippen molar-refractivity contribution in [3.05, 3.63) is 63.6 Å². The summed E-state index contributed by atoms with van der Waals surface area (Å²) in [6.07, 6.45) is 0. The summed E-state index contributed by atoms with van der Waals surface area (Å²) in [5.41, 5.74) is 2.83. The highest BCUT2D eigenvalue weighted by molar-refractivity contribution is 9.10. The topological polar surface area (TPSA) is 90.0 Å². The molecule has 2 aromatic rings. The van der Waals surface area contributed by atoms with E-state index in [2.05, 4.69) is 21.2 Å². The largest absolute Gasteiger partial charge is 0.355 e. The molecule has 1 atom stereocenters. The summed E-state index contributed by atoms with van der Waals surface area (Å²) in [5.74, 6) is -0.787. The summed E-state index contributed by atoms with van der Waals surface area (Å²) in [4.78, 5) is 27.7. The molecule has 0 aliphatic rings. The zero-order chi connectivity index (χ0) is 25.6. The maximum Gasteiger partial charge on any atom is 0.304 e. The van der Waals surface area contributed by atoms with E-state index in [1.165, 1.54) is 19.0 Å². The number of hydrogen-bond acceptors (Lipinski definition) is 4. The number of hydrogen-bond donors (Lipinski definition) is 1. The Hall–Kier alpha value is -2.43. The van der Waals surface area contributed by atoms with Crippen LogP contribution in [0.15, 0.2) is 46.9 Å². The van der Waals surface area contributed by atoms with E-state index in [1.54, 1.807) is 26.8 Å². The van der Waals surface area contributed by atoms with Crippen LogP contribution in [-0.2, 0) is 26.3 Å². The Balaban J connectivity index is 2.51. The van der Waals surface area contributed by atoms with Crippen molar-refractivity contribution in [2.24, 2.45) is 0 Å². The molecule has 2 aromatic carbocycles. The van der Waals surface area contributed by atoms with Crippen LogP contribution in [0.1, 0.15) is 30.5 Å². The van der Waals surface area contributed by atoms with Crippen LogP contribution in [0.25, 0.3) is 0 Å². The first-order valence-corrected chi connectivity index (χ1v) is 13.2. The lowest BCUT2D eigenvalue weighted by molar-refractivity contribution is -0.139. The second-order valence-corrected chi connectivity index (χ2v) is 11.3. The van der Waals surface area contributed by atoms with Crippen LogP contribution in [0.5, 0.6) is 0 Å². The SMILES string of the molecule is CCNC(=O)[C@H](C)N(Cc1cccc(Br)c1)C(=O)CN(c1cc(C)ccc1C)S(=O)(=O)N(C)C. The highest BCUT2D eigenvalue weighted by atomic mass is 79.9. The molecule has 0 unspecified atom stereocenters. The number of rotatable bonds is 10. The average Bonchev–Trinajstić information content (AvgIpc) is 2.77. The lowest BCUT2D eigenvalue weighted by atomic mass is 10.1. The number of nitrogens with zero attached hydrogens (tertiary/aromatic N) is 3. The molecule has 0 heterocycles. The fourth-order valence-corrected chi connectivity index (χ4v) is 4.99. The normalized spacial score (nSPS) is 12.4. The molecule has 0 aliphatic carbocycles. The molecule has 2 rings (SSSR count). The summed E-state index contributed by atoms with van der Waals surface area (Å²) in [6, 6.07) is 12.1. The van der Waals surface area contributed by atoms with Crippen molar-refractivity contribution in [1.82, 2.24) is 14.5 Å². The zero-order valence-corrected chi connectivity index (χ0v) is 22.9. The van der Waals surface area contributed by atoms with Gasteiger partial charge in [0.1, 0.15) is 12.6 Å². The number of halogens is 1. The molecule has 0 saturated carbocycles. The summed E-state index contributed by atoms with van der Waals surface area (Å²) in [5, 5.41) is 2.75. The van der Waals surface area contributed by atoms with E-state index in [1.807, 2.05) is 43.3 Å². The van der Waals surface area contributed by atoms with Gasteiger partial charge in [-0.1, -0.05) is 40.2 Å². The van der Waals surface area contributed by atoms with Gasteiger partial charge in [-0.2, -0.15) is 12.7 Å². The molecule has 1 N–H and O–H groups in total. The van der Waals surface area contributed by atoms with Gasteiger partial charge in [0.2, 0.25) is 11.8 Å². The van der Waals surface area contributed by atoms with Gasteiger partial charge in [0, 0.05) is 31.7 Å². The van der Waals surface area contributed by atoms with E-state index in [4.69, 9.17) is 0 Å². The van der Waals surface area contributed by atoms with Crippen LogP contribution in [-0.4, -0.2) is 62.7 Å². The van der Waals surface area contributed by atoms with E-state index in [0.717, 1.165) is 29.8 Å². The average molecular weight is 554 g/mol. The van der Waals surface area contributed by atoms with Gasteiger partial charge < -0.3 is 10.2 Å². The smallest absolute Gasteiger partial charge is 0.304 e. The first-order chi connectivity index (χ1) is 15.9. The third kappa shape index (κ3) is 6.80. The maximum absolute atomic E-state index is 13.6. The van der Waals surface area contributed by atoms with Crippen molar-refractivity contribution >= 4 is 43.6 Å². The van der Waals surface area contributed by atoms with Gasteiger partial charge in [0.05, 0.1) is 5.69 Å². The highest BCUT2D eigenvalue weighted by Gasteiger charge is 2.33.